The lowest BCUT2D eigenvalue weighted by Crippen LogP contribution is -2.20. The normalized spacial score (nSPS) is 13.7. The van der Waals surface area contributed by atoms with E-state index in [1.54, 1.807) is 18.9 Å². The van der Waals surface area contributed by atoms with Gasteiger partial charge in [-0.3, -0.25) is 0 Å². The third-order valence-corrected chi connectivity index (χ3v) is 5.85. The van der Waals surface area contributed by atoms with Crippen LogP contribution in [0, 0.1) is 6.92 Å². The number of ether oxygens (including phenoxy) is 2. The maximum atomic E-state index is 6.64. The van der Waals surface area contributed by atoms with E-state index in [4.69, 9.17) is 30.3 Å². The largest absolute Gasteiger partial charge is 0.493 e. The maximum absolute atomic E-state index is 6.64. The topological polar surface area (TPSA) is 91.3 Å². The summed E-state index contributed by atoms with van der Waals surface area (Å²) in [5, 5.41) is 5.50. The van der Waals surface area contributed by atoms with Crippen molar-refractivity contribution in [3.63, 3.8) is 0 Å². The second-order valence-electron chi connectivity index (χ2n) is 7.97. The van der Waals surface area contributed by atoms with Gasteiger partial charge in [0, 0.05) is 18.7 Å². The van der Waals surface area contributed by atoms with Crippen LogP contribution in [-0.2, 0) is 0 Å². The summed E-state index contributed by atoms with van der Waals surface area (Å²) in [5.41, 5.74) is 10.8. The first-order valence-electron chi connectivity index (χ1n) is 10.7. The summed E-state index contributed by atoms with van der Waals surface area (Å²) in [7, 11) is 3.24. The molecule has 0 saturated carbocycles. The highest BCUT2D eigenvalue weighted by molar-refractivity contribution is 5.99. The quantitative estimate of drug-likeness (QED) is 0.512. The van der Waals surface area contributed by atoms with Crippen LogP contribution >= 0.6 is 0 Å². The third-order valence-electron chi connectivity index (χ3n) is 5.85. The molecule has 2 N–H and O–H groups in total. The van der Waals surface area contributed by atoms with E-state index >= 15 is 0 Å². The first-order chi connectivity index (χ1) is 15.6. The molecule has 8 nitrogen and oxygen atoms in total. The van der Waals surface area contributed by atoms with E-state index in [0.717, 1.165) is 53.8 Å². The molecule has 1 saturated heterocycles. The van der Waals surface area contributed by atoms with Crippen LogP contribution in [0.25, 0.3) is 28.0 Å². The highest BCUT2D eigenvalue weighted by Gasteiger charge is 2.23. The van der Waals surface area contributed by atoms with Crippen LogP contribution in [-0.4, -0.2) is 47.1 Å². The molecule has 1 aliphatic rings. The Labute approximate surface area is 186 Å². The Hall–Kier alpha value is -3.81. The molecule has 0 spiro atoms. The molecule has 1 fully saturated rings. The second kappa shape index (κ2) is 8.03. The van der Waals surface area contributed by atoms with Crippen molar-refractivity contribution in [3.05, 3.63) is 48.0 Å². The zero-order valence-corrected chi connectivity index (χ0v) is 18.5. The Morgan fingerprint density at radius 1 is 0.938 bits per heavy atom. The van der Waals surface area contributed by atoms with E-state index in [9.17, 15) is 0 Å². The molecule has 0 amide bonds. The molecule has 0 aliphatic carbocycles. The number of aromatic nitrogens is 4. The number of anilines is 2. The smallest absolute Gasteiger partial charge is 0.228 e. The van der Waals surface area contributed by atoms with Crippen LogP contribution in [0.15, 0.2) is 42.5 Å². The summed E-state index contributed by atoms with van der Waals surface area (Å²) in [5.74, 6) is 2.46. The van der Waals surface area contributed by atoms with Crippen LogP contribution in [0.1, 0.15) is 18.4 Å². The van der Waals surface area contributed by atoms with Gasteiger partial charge in [0.15, 0.2) is 17.1 Å². The lowest BCUT2D eigenvalue weighted by Gasteiger charge is -2.16. The fraction of sp³-hybridized carbons (Fsp3) is 0.292. The number of methoxy groups -OCH3 is 2. The van der Waals surface area contributed by atoms with Crippen molar-refractivity contribution >= 4 is 22.8 Å². The van der Waals surface area contributed by atoms with Crippen molar-refractivity contribution in [2.75, 3.05) is 37.9 Å². The van der Waals surface area contributed by atoms with Crippen molar-refractivity contribution in [1.82, 2.24) is 19.7 Å². The zero-order chi connectivity index (χ0) is 22.2. The fourth-order valence-electron chi connectivity index (χ4n) is 4.21. The lowest BCUT2D eigenvalue weighted by atomic mass is 10.1. The molecule has 32 heavy (non-hydrogen) atoms. The molecule has 1 aliphatic heterocycles. The van der Waals surface area contributed by atoms with Gasteiger partial charge in [0.2, 0.25) is 5.95 Å². The standard InChI is InChI=1S/C24H26N6O2/c1-15-7-6-8-17(13-15)30-22(25)20-21(16-9-10-18(31-2)19(14-16)32-3)26-24(27-23(20)28-30)29-11-4-5-12-29/h6-10,13-14H,4-5,11-12,25H2,1-3H3. The second-order valence-corrected chi connectivity index (χ2v) is 7.97. The predicted molar refractivity (Wildman–Crippen MR) is 126 cm³/mol. The van der Waals surface area contributed by atoms with Gasteiger partial charge >= 0.3 is 0 Å². The Balaban J connectivity index is 1.76. The number of hydrogen-bond donors (Lipinski definition) is 1. The van der Waals surface area contributed by atoms with Crippen LogP contribution < -0.4 is 20.1 Å². The molecule has 164 valence electrons. The Morgan fingerprint density at radius 3 is 2.44 bits per heavy atom. The van der Waals surface area contributed by atoms with Crippen LogP contribution in [0.2, 0.25) is 0 Å². The van der Waals surface area contributed by atoms with E-state index in [1.165, 1.54) is 0 Å². The van der Waals surface area contributed by atoms with E-state index in [0.29, 0.717) is 28.9 Å². The van der Waals surface area contributed by atoms with Crippen molar-refractivity contribution in [2.45, 2.75) is 19.8 Å². The molecule has 0 radical (unpaired) electrons. The van der Waals surface area contributed by atoms with Gasteiger partial charge in [-0.25, -0.2) is 9.67 Å². The van der Waals surface area contributed by atoms with Gasteiger partial charge in [0.05, 0.1) is 31.0 Å². The SMILES string of the molecule is COc1ccc(-c2nc(N3CCCC3)nc3nn(-c4cccc(C)c4)c(N)c23)cc1OC. The van der Waals surface area contributed by atoms with E-state index in [2.05, 4.69) is 4.90 Å². The Kier molecular flexibility index (Phi) is 5.05. The number of nitrogens with zero attached hydrogens (tertiary/aromatic N) is 5. The van der Waals surface area contributed by atoms with E-state index in [1.807, 2.05) is 49.4 Å². The maximum Gasteiger partial charge on any atom is 0.228 e. The van der Waals surface area contributed by atoms with Gasteiger partial charge in [0.1, 0.15) is 5.82 Å². The highest BCUT2D eigenvalue weighted by atomic mass is 16.5. The summed E-state index contributed by atoms with van der Waals surface area (Å²) in [4.78, 5) is 12.0. The monoisotopic (exact) mass is 430 g/mol. The number of benzene rings is 2. The Morgan fingerprint density at radius 2 is 1.72 bits per heavy atom. The summed E-state index contributed by atoms with van der Waals surface area (Å²) in [6.07, 6.45) is 2.26. The number of rotatable bonds is 5. The van der Waals surface area contributed by atoms with Crippen molar-refractivity contribution in [1.29, 1.82) is 0 Å². The van der Waals surface area contributed by atoms with Crippen molar-refractivity contribution in [2.24, 2.45) is 0 Å². The third kappa shape index (κ3) is 3.37. The van der Waals surface area contributed by atoms with Crippen LogP contribution in [0.4, 0.5) is 11.8 Å². The molecular weight excluding hydrogens is 404 g/mol. The molecule has 0 unspecified atom stereocenters. The average Bonchev–Trinajstić information content (AvgIpc) is 3.46. The minimum atomic E-state index is 0.503. The zero-order valence-electron chi connectivity index (χ0n) is 18.5. The van der Waals surface area contributed by atoms with Crippen molar-refractivity contribution in [3.8, 4) is 28.4 Å². The van der Waals surface area contributed by atoms with Gasteiger partial charge in [-0.1, -0.05) is 12.1 Å². The summed E-state index contributed by atoms with van der Waals surface area (Å²) in [6, 6.07) is 13.8. The number of nitrogens with two attached hydrogens (primary N) is 1. The summed E-state index contributed by atoms with van der Waals surface area (Å²) < 4.78 is 12.7. The van der Waals surface area contributed by atoms with Crippen LogP contribution in [0.3, 0.4) is 0 Å². The summed E-state index contributed by atoms with van der Waals surface area (Å²) in [6.45, 7) is 3.92. The molecule has 5 rings (SSSR count). The molecule has 4 aromatic rings. The van der Waals surface area contributed by atoms with Gasteiger partial charge in [-0.15, -0.1) is 5.10 Å². The van der Waals surface area contributed by atoms with Gasteiger partial charge in [-0.2, -0.15) is 4.98 Å². The predicted octanol–water partition coefficient (Wildman–Crippen LogP) is 3.99. The van der Waals surface area contributed by atoms with Gasteiger partial charge in [-0.05, 0) is 55.7 Å². The number of hydrogen-bond acceptors (Lipinski definition) is 7. The number of aryl methyl sites for hydroxylation is 1. The van der Waals surface area contributed by atoms with Gasteiger partial charge in [0.25, 0.3) is 0 Å². The van der Waals surface area contributed by atoms with E-state index in [-0.39, 0.29) is 0 Å². The molecule has 8 heteroatoms. The molecule has 2 aromatic carbocycles. The highest BCUT2D eigenvalue weighted by Crippen LogP contribution is 2.37. The molecule has 2 aromatic heterocycles. The Bertz CT molecular complexity index is 1290. The minimum absolute atomic E-state index is 0.503. The molecule has 0 atom stereocenters. The van der Waals surface area contributed by atoms with Crippen molar-refractivity contribution < 1.29 is 9.47 Å². The summed E-state index contributed by atoms with van der Waals surface area (Å²) >= 11 is 0. The average molecular weight is 431 g/mol. The first kappa shape index (κ1) is 20.1. The van der Waals surface area contributed by atoms with E-state index < -0.39 is 0 Å². The lowest BCUT2D eigenvalue weighted by molar-refractivity contribution is 0.355. The molecular formula is C24H26N6O2. The number of nitrogen functional groups attached to an aromatic ring is 1. The minimum Gasteiger partial charge on any atom is -0.493 e. The fourth-order valence-corrected chi connectivity index (χ4v) is 4.21. The molecule has 3 heterocycles. The van der Waals surface area contributed by atoms with Gasteiger partial charge < -0.3 is 20.1 Å². The first-order valence-corrected chi connectivity index (χ1v) is 10.7. The molecule has 0 bridgehead atoms. The van der Waals surface area contributed by atoms with Crippen LogP contribution in [0.5, 0.6) is 11.5 Å². The number of fused-ring (bicyclic) bond motifs is 1.